The molecule has 3 N–H and O–H groups in total. The maximum atomic E-state index is 13.3. The molecule has 0 saturated carbocycles. The molecular weight excluding hydrogens is 538 g/mol. The van der Waals surface area contributed by atoms with Gasteiger partial charge in [0.1, 0.15) is 6.04 Å². The Morgan fingerprint density at radius 1 is 0.902 bits per heavy atom. The Morgan fingerprint density at radius 3 is 2.12 bits per heavy atom. The molecule has 0 aliphatic carbocycles. The normalized spacial score (nSPS) is 13.3. The number of carboxylic acid groups (broad SMARTS) is 1. The number of aryl methyl sites for hydroxylation is 2. The van der Waals surface area contributed by atoms with Crippen molar-refractivity contribution in [3.05, 3.63) is 89.7 Å². The molecular formula is C33H42ClN3O4. The zero-order valence-electron chi connectivity index (χ0n) is 24.5. The molecule has 2 aromatic carbocycles. The lowest BCUT2D eigenvalue weighted by Gasteiger charge is -2.32. The number of amides is 2. The third-order valence-corrected chi connectivity index (χ3v) is 7.20. The number of carbonyl (C=O) groups excluding carboxylic acids is 2. The van der Waals surface area contributed by atoms with Gasteiger partial charge in [0.2, 0.25) is 11.8 Å². The van der Waals surface area contributed by atoms with Crippen LogP contribution in [0.1, 0.15) is 69.7 Å². The SMILES string of the molecule is Cc1ccccc1-c1ccc(CCC[C@H](CC(=O)O)C(=O)N[C@H](C(=O)N[C@H](C)c2ccncc2)C(C)(C)C)cc1.Cl. The predicted molar refractivity (Wildman–Crippen MR) is 165 cm³/mol. The smallest absolute Gasteiger partial charge is 0.304 e. The van der Waals surface area contributed by atoms with Crippen LogP contribution < -0.4 is 10.6 Å². The van der Waals surface area contributed by atoms with Gasteiger partial charge in [-0.3, -0.25) is 19.4 Å². The molecule has 0 radical (unpaired) electrons. The summed E-state index contributed by atoms with van der Waals surface area (Å²) < 4.78 is 0. The lowest BCUT2D eigenvalue weighted by atomic mass is 9.85. The average molecular weight is 580 g/mol. The Kier molecular flexibility index (Phi) is 12.5. The minimum absolute atomic E-state index is 0. The minimum Gasteiger partial charge on any atom is -0.481 e. The Balaban J connectivity index is 0.00000588. The van der Waals surface area contributed by atoms with E-state index in [2.05, 4.69) is 58.9 Å². The van der Waals surface area contributed by atoms with E-state index in [-0.39, 0.29) is 30.8 Å². The molecule has 41 heavy (non-hydrogen) atoms. The average Bonchev–Trinajstić information content (AvgIpc) is 2.91. The molecule has 0 aliphatic rings. The standard InChI is InChI=1S/C33H41N3O4.ClH/c1-22-9-6-7-12-28(22)26-15-13-24(14-16-26)10-8-11-27(21-29(37)38)31(39)36-30(33(3,4)5)32(40)35-23(2)25-17-19-34-20-18-25;/h6-7,9,12-20,23,27,30H,8,10-11,21H2,1-5H3,(H,35,40)(H,36,39)(H,37,38);1H/t23-,27-,30-;/m1./s1. The molecule has 2 amide bonds. The summed E-state index contributed by atoms with van der Waals surface area (Å²) in [6.45, 7) is 9.59. The van der Waals surface area contributed by atoms with Crippen molar-refractivity contribution in [1.29, 1.82) is 0 Å². The summed E-state index contributed by atoms with van der Waals surface area (Å²) in [5.41, 5.74) is 5.01. The van der Waals surface area contributed by atoms with Crippen molar-refractivity contribution in [2.45, 2.75) is 72.4 Å². The van der Waals surface area contributed by atoms with E-state index in [9.17, 15) is 19.5 Å². The van der Waals surface area contributed by atoms with Crippen LogP contribution in [0.2, 0.25) is 0 Å². The molecule has 0 aliphatic heterocycles. The van der Waals surface area contributed by atoms with Crippen molar-refractivity contribution in [3.63, 3.8) is 0 Å². The molecule has 220 valence electrons. The summed E-state index contributed by atoms with van der Waals surface area (Å²) in [5, 5.41) is 15.3. The fourth-order valence-electron chi connectivity index (χ4n) is 4.80. The van der Waals surface area contributed by atoms with E-state index in [0.717, 1.165) is 23.1 Å². The van der Waals surface area contributed by atoms with Crippen LogP contribution in [-0.4, -0.2) is 33.9 Å². The number of nitrogens with one attached hydrogen (secondary N) is 2. The molecule has 7 nitrogen and oxygen atoms in total. The van der Waals surface area contributed by atoms with Crippen LogP contribution in [0, 0.1) is 18.3 Å². The third kappa shape index (κ3) is 10.0. The van der Waals surface area contributed by atoms with Gasteiger partial charge in [0, 0.05) is 18.3 Å². The van der Waals surface area contributed by atoms with Gasteiger partial charge in [0.25, 0.3) is 0 Å². The molecule has 0 bridgehead atoms. The summed E-state index contributed by atoms with van der Waals surface area (Å²) in [7, 11) is 0. The van der Waals surface area contributed by atoms with Gasteiger partial charge >= 0.3 is 5.97 Å². The van der Waals surface area contributed by atoms with E-state index in [1.54, 1.807) is 12.4 Å². The van der Waals surface area contributed by atoms with Gasteiger partial charge in [-0.1, -0.05) is 69.3 Å². The minimum atomic E-state index is -1.04. The van der Waals surface area contributed by atoms with Gasteiger partial charge in [0.15, 0.2) is 0 Å². The van der Waals surface area contributed by atoms with Crippen molar-refractivity contribution in [3.8, 4) is 11.1 Å². The molecule has 1 heterocycles. The van der Waals surface area contributed by atoms with Crippen molar-refractivity contribution in [2.75, 3.05) is 0 Å². The lowest BCUT2D eigenvalue weighted by molar-refractivity contribution is -0.142. The van der Waals surface area contributed by atoms with E-state index in [4.69, 9.17) is 0 Å². The Bertz CT molecular complexity index is 1290. The van der Waals surface area contributed by atoms with Gasteiger partial charge in [-0.15, -0.1) is 12.4 Å². The zero-order chi connectivity index (χ0) is 29.3. The maximum absolute atomic E-state index is 13.3. The Morgan fingerprint density at radius 2 is 1.54 bits per heavy atom. The fraction of sp³-hybridized carbons (Fsp3) is 0.394. The molecule has 0 spiro atoms. The van der Waals surface area contributed by atoms with Gasteiger partial charge in [0.05, 0.1) is 12.5 Å². The number of hydrogen-bond acceptors (Lipinski definition) is 4. The zero-order valence-corrected chi connectivity index (χ0v) is 25.3. The predicted octanol–water partition coefficient (Wildman–Crippen LogP) is 6.30. The molecule has 3 rings (SSSR count). The van der Waals surface area contributed by atoms with Crippen LogP contribution in [0.4, 0.5) is 0 Å². The maximum Gasteiger partial charge on any atom is 0.304 e. The molecule has 0 saturated heterocycles. The van der Waals surface area contributed by atoms with Crippen molar-refractivity contribution in [2.24, 2.45) is 11.3 Å². The highest BCUT2D eigenvalue weighted by Crippen LogP contribution is 2.25. The van der Waals surface area contributed by atoms with Gasteiger partial charge in [-0.05, 0) is 78.5 Å². The second-order valence-corrected chi connectivity index (χ2v) is 11.5. The molecule has 8 heteroatoms. The number of pyridine rings is 1. The summed E-state index contributed by atoms with van der Waals surface area (Å²) in [4.78, 5) is 42.2. The summed E-state index contributed by atoms with van der Waals surface area (Å²) in [6.07, 6.45) is 4.82. The first-order valence-electron chi connectivity index (χ1n) is 13.8. The third-order valence-electron chi connectivity index (χ3n) is 7.20. The highest BCUT2D eigenvalue weighted by molar-refractivity contribution is 5.90. The molecule has 1 aromatic heterocycles. The molecule has 0 fully saturated rings. The van der Waals surface area contributed by atoms with Crippen LogP contribution in [0.3, 0.4) is 0 Å². The van der Waals surface area contributed by atoms with Crippen LogP contribution in [0.15, 0.2) is 73.1 Å². The van der Waals surface area contributed by atoms with E-state index in [0.29, 0.717) is 12.8 Å². The lowest BCUT2D eigenvalue weighted by Crippen LogP contribution is -2.55. The quantitative estimate of drug-likeness (QED) is 0.233. The van der Waals surface area contributed by atoms with Crippen molar-refractivity contribution in [1.82, 2.24) is 15.6 Å². The first-order valence-corrected chi connectivity index (χ1v) is 13.8. The molecule has 0 unspecified atom stereocenters. The summed E-state index contributed by atoms with van der Waals surface area (Å²) in [6, 6.07) is 19.2. The Hall–Kier alpha value is -3.71. The number of hydrogen-bond donors (Lipinski definition) is 3. The monoisotopic (exact) mass is 579 g/mol. The van der Waals surface area contributed by atoms with Crippen LogP contribution in [-0.2, 0) is 20.8 Å². The second-order valence-electron chi connectivity index (χ2n) is 11.5. The van der Waals surface area contributed by atoms with Crippen LogP contribution in [0.25, 0.3) is 11.1 Å². The molecule has 3 atom stereocenters. The highest BCUT2D eigenvalue weighted by atomic mass is 35.5. The van der Waals surface area contributed by atoms with Crippen molar-refractivity contribution < 1.29 is 19.5 Å². The number of aromatic nitrogens is 1. The van der Waals surface area contributed by atoms with Crippen LogP contribution >= 0.6 is 12.4 Å². The number of benzene rings is 2. The van der Waals surface area contributed by atoms with Crippen LogP contribution in [0.5, 0.6) is 0 Å². The Labute approximate surface area is 249 Å². The highest BCUT2D eigenvalue weighted by Gasteiger charge is 2.35. The van der Waals surface area contributed by atoms with Gasteiger partial charge < -0.3 is 15.7 Å². The van der Waals surface area contributed by atoms with Crippen molar-refractivity contribution >= 4 is 30.2 Å². The number of carboxylic acids is 1. The number of nitrogens with zero attached hydrogens (tertiary/aromatic N) is 1. The van der Waals surface area contributed by atoms with E-state index in [1.807, 2.05) is 52.0 Å². The largest absolute Gasteiger partial charge is 0.481 e. The van der Waals surface area contributed by atoms with E-state index < -0.39 is 29.3 Å². The van der Waals surface area contributed by atoms with Gasteiger partial charge in [-0.25, -0.2) is 0 Å². The molecule has 3 aromatic rings. The van der Waals surface area contributed by atoms with E-state index in [1.165, 1.54) is 11.1 Å². The summed E-state index contributed by atoms with van der Waals surface area (Å²) >= 11 is 0. The fourth-order valence-corrected chi connectivity index (χ4v) is 4.80. The first kappa shape index (κ1) is 33.5. The number of halogens is 1. The topological polar surface area (TPSA) is 108 Å². The number of carbonyl (C=O) groups is 3. The van der Waals surface area contributed by atoms with E-state index >= 15 is 0 Å². The number of rotatable bonds is 12. The number of aliphatic carboxylic acids is 1. The first-order chi connectivity index (χ1) is 19.0. The second kappa shape index (κ2) is 15.3. The van der Waals surface area contributed by atoms with Gasteiger partial charge in [-0.2, -0.15) is 0 Å². The summed E-state index contributed by atoms with van der Waals surface area (Å²) in [5.74, 6) is -2.50.